The van der Waals surface area contributed by atoms with E-state index in [9.17, 15) is 14.4 Å². The minimum absolute atomic E-state index is 0.0805. The van der Waals surface area contributed by atoms with E-state index in [1.807, 2.05) is 36.4 Å². The number of hydrogen-bond acceptors (Lipinski definition) is 6. The van der Waals surface area contributed by atoms with Crippen LogP contribution in [0.15, 0.2) is 48.5 Å². The molecule has 5 rings (SSSR count). The summed E-state index contributed by atoms with van der Waals surface area (Å²) in [7, 11) is 0. The molecule has 3 aliphatic rings. The lowest BCUT2D eigenvalue weighted by Gasteiger charge is -2.26. The molecule has 0 saturated carbocycles. The van der Waals surface area contributed by atoms with E-state index in [1.165, 1.54) is 0 Å². The van der Waals surface area contributed by atoms with E-state index in [0.29, 0.717) is 6.42 Å². The van der Waals surface area contributed by atoms with Crippen LogP contribution in [0.4, 0.5) is 4.79 Å². The number of alkyl carbamates (subject to hydrolysis) is 1. The first-order valence-corrected chi connectivity index (χ1v) is 11.2. The molecule has 0 aromatic heterocycles. The smallest absolute Gasteiger partial charge is 0.407 e. The van der Waals surface area contributed by atoms with Crippen molar-refractivity contribution >= 4 is 18.0 Å². The highest BCUT2D eigenvalue weighted by Crippen LogP contribution is 2.44. The number of nitrogens with zero attached hydrogens (tertiary/aromatic N) is 1. The van der Waals surface area contributed by atoms with Gasteiger partial charge in [0.1, 0.15) is 18.8 Å². The van der Waals surface area contributed by atoms with Crippen LogP contribution in [0.3, 0.4) is 0 Å². The zero-order valence-electron chi connectivity index (χ0n) is 18.5. The second-order valence-corrected chi connectivity index (χ2v) is 8.93. The van der Waals surface area contributed by atoms with Crippen molar-refractivity contribution in [2.24, 2.45) is 5.92 Å². The van der Waals surface area contributed by atoms with E-state index >= 15 is 0 Å². The Morgan fingerprint density at radius 3 is 2.36 bits per heavy atom. The van der Waals surface area contributed by atoms with E-state index in [-0.39, 0.29) is 36.9 Å². The number of amides is 2. The summed E-state index contributed by atoms with van der Waals surface area (Å²) in [5, 5.41) is 3.60. The Kier molecular flexibility index (Phi) is 5.54. The van der Waals surface area contributed by atoms with Gasteiger partial charge in [-0.25, -0.2) is 9.59 Å². The Morgan fingerprint density at radius 1 is 1.09 bits per heavy atom. The van der Waals surface area contributed by atoms with Gasteiger partial charge in [0.2, 0.25) is 0 Å². The van der Waals surface area contributed by atoms with Gasteiger partial charge in [-0.1, -0.05) is 62.4 Å². The van der Waals surface area contributed by atoms with Gasteiger partial charge in [-0.05, 0) is 34.6 Å². The van der Waals surface area contributed by atoms with Crippen LogP contribution in [0, 0.1) is 5.92 Å². The number of fused-ring (bicyclic) bond motifs is 4. The molecular weight excluding hydrogens is 424 g/mol. The summed E-state index contributed by atoms with van der Waals surface area (Å²) in [4.78, 5) is 42.8. The van der Waals surface area contributed by atoms with Crippen LogP contribution in [0.25, 0.3) is 11.1 Å². The van der Waals surface area contributed by atoms with Gasteiger partial charge in [0.25, 0.3) is 5.91 Å². The molecule has 1 N–H and O–H groups in total. The Balaban J connectivity index is 1.22. The first kappa shape index (κ1) is 21.5. The highest BCUT2D eigenvalue weighted by atomic mass is 16.8. The van der Waals surface area contributed by atoms with Crippen LogP contribution >= 0.6 is 0 Å². The molecule has 2 aliphatic heterocycles. The van der Waals surface area contributed by atoms with Gasteiger partial charge in [-0.2, -0.15) is 0 Å². The van der Waals surface area contributed by atoms with Crippen molar-refractivity contribution in [3.8, 4) is 11.1 Å². The van der Waals surface area contributed by atoms with Crippen LogP contribution in [0.1, 0.15) is 43.7 Å². The number of benzene rings is 2. The molecule has 0 radical (unpaired) electrons. The number of epoxide rings is 1. The third kappa shape index (κ3) is 4.06. The number of hydrogen-bond donors (Lipinski definition) is 1. The van der Waals surface area contributed by atoms with Gasteiger partial charge in [0, 0.05) is 12.3 Å². The van der Waals surface area contributed by atoms with E-state index < -0.39 is 24.3 Å². The molecule has 0 spiro atoms. The molecule has 172 valence electrons. The topological polar surface area (TPSA) is 97.5 Å². The average molecular weight is 450 g/mol. The van der Waals surface area contributed by atoms with Crippen molar-refractivity contribution < 1.29 is 28.7 Å². The molecule has 2 aromatic carbocycles. The molecule has 2 amide bonds. The fourth-order valence-electron chi connectivity index (χ4n) is 4.59. The van der Waals surface area contributed by atoms with E-state index in [1.54, 1.807) is 13.8 Å². The maximum absolute atomic E-state index is 12.7. The van der Waals surface area contributed by atoms with Crippen molar-refractivity contribution in [3.05, 3.63) is 59.7 Å². The zero-order chi connectivity index (χ0) is 23.1. The summed E-state index contributed by atoms with van der Waals surface area (Å²) in [6.07, 6.45) is -0.414. The highest BCUT2D eigenvalue weighted by Gasteiger charge is 2.52. The highest BCUT2D eigenvalue weighted by molar-refractivity contribution is 5.84. The summed E-state index contributed by atoms with van der Waals surface area (Å²) < 4.78 is 10.9. The van der Waals surface area contributed by atoms with Crippen molar-refractivity contribution in [1.29, 1.82) is 0 Å². The van der Waals surface area contributed by atoms with Crippen LogP contribution in [-0.4, -0.2) is 48.0 Å². The third-order valence-electron chi connectivity index (χ3n) is 6.40. The molecule has 3 atom stereocenters. The number of ether oxygens (including phenoxy) is 2. The monoisotopic (exact) mass is 450 g/mol. The van der Waals surface area contributed by atoms with Gasteiger partial charge in [0.05, 0.1) is 0 Å². The van der Waals surface area contributed by atoms with Crippen molar-refractivity contribution in [2.45, 2.75) is 51.0 Å². The Hall–Kier alpha value is -3.39. The summed E-state index contributed by atoms with van der Waals surface area (Å²) in [6.45, 7) is 3.70. The predicted molar refractivity (Wildman–Crippen MR) is 118 cm³/mol. The van der Waals surface area contributed by atoms with Crippen LogP contribution in [0.2, 0.25) is 0 Å². The van der Waals surface area contributed by atoms with Crippen molar-refractivity contribution in [2.75, 3.05) is 6.61 Å². The summed E-state index contributed by atoms with van der Waals surface area (Å²) in [6, 6.07) is 15.2. The SMILES string of the molecule is CC(C)[C@H](NC(=O)OCC1c2ccccc2-c2ccccc21)C(=O)ON1C(=O)CCC2OC21. The molecule has 2 heterocycles. The maximum Gasteiger partial charge on any atom is 0.407 e. The van der Waals surface area contributed by atoms with E-state index in [0.717, 1.165) is 27.3 Å². The van der Waals surface area contributed by atoms with Gasteiger partial charge < -0.3 is 19.6 Å². The molecule has 33 heavy (non-hydrogen) atoms. The quantitative estimate of drug-likeness (QED) is 0.678. The number of piperidine rings is 1. The van der Waals surface area contributed by atoms with Gasteiger partial charge in [0.15, 0.2) is 6.23 Å². The second-order valence-electron chi connectivity index (χ2n) is 8.93. The summed E-state index contributed by atoms with van der Waals surface area (Å²) in [5.41, 5.74) is 4.48. The molecule has 8 heteroatoms. The lowest BCUT2D eigenvalue weighted by molar-refractivity contribution is -0.210. The van der Waals surface area contributed by atoms with Crippen LogP contribution in [0.5, 0.6) is 0 Å². The van der Waals surface area contributed by atoms with Crippen LogP contribution in [-0.2, 0) is 23.9 Å². The number of carbonyl (C=O) groups is 3. The normalized spacial score (nSPS) is 21.7. The average Bonchev–Trinajstić information content (AvgIpc) is 3.53. The number of carbonyl (C=O) groups excluding carboxylic acids is 3. The molecule has 0 bridgehead atoms. The fourth-order valence-corrected chi connectivity index (χ4v) is 4.59. The van der Waals surface area contributed by atoms with Gasteiger partial charge >= 0.3 is 12.1 Å². The largest absolute Gasteiger partial charge is 0.449 e. The predicted octanol–water partition coefficient (Wildman–Crippen LogP) is 3.36. The fraction of sp³-hybridized carbons (Fsp3) is 0.400. The third-order valence-corrected chi connectivity index (χ3v) is 6.40. The van der Waals surface area contributed by atoms with E-state index in [4.69, 9.17) is 14.3 Å². The summed E-state index contributed by atoms with van der Waals surface area (Å²) >= 11 is 0. The molecule has 2 saturated heterocycles. The second kappa shape index (κ2) is 8.51. The lowest BCUT2D eigenvalue weighted by atomic mass is 9.98. The van der Waals surface area contributed by atoms with Gasteiger partial charge in [-0.3, -0.25) is 4.79 Å². The number of nitrogens with one attached hydrogen (secondary N) is 1. The number of rotatable bonds is 6. The maximum atomic E-state index is 12.7. The standard InChI is InChI=1S/C25H26N2O6/c1-14(2)22(24(29)33-27-21(28)12-11-20-23(27)32-20)26-25(30)31-13-19-17-9-5-3-7-15(17)16-8-4-6-10-18(16)19/h3-10,14,19-20,22-23H,11-13H2,1-2H3,(H,26,30)/t20?,22-,23?/m0/s1. The molecule has 2 unspecified atom stereocenters. The molecule has 8 nitrogen and oxygen atoms in total. The Bertz CT molecular complexity index is 1050. The first-order chi connectivity index (χ1) is 15.9. The molecule has 2 aromatic rings. The number of hydroxylamine groups is 2. The Morgan fingerprint density at radius 2 is 1.73 bits per heavy atom. The first-order valence-electron chi connectivity index (χ1n) is 11.2. The van der Waals surface area contributed by atoms with Crippen molar-refractivity contribution in [3.63, 3.8) is 0 Å². The van der Waals surface area contributed by atoms with Crippen LogP contribution < -0.4 is 5.32 Å². The summed E-state index contributed by atoms with van der Waals surface area (Å²) in [5.74, 6) is -1.37. The lowest BCUT2D eigenvalue weighted by Crippen LogP contribution is -2.49. The van der Waals surface area contributed by atoms with Gasteiger partial charge in [-0.15, -0.1) is 5.06 Å². The Labute approximate surface area is 191 Å². The zero-order valence-corrected chi connectivity index (χ0v) is 18.5. The molecule has 2 fully saturated rings. The molecule has 1 aliphatic carbocycles. The van der Waals surface area contributed by atoms with E-state index in [2.05, 4.69) is 17.4 Å². The van der Waals surface area contributed by atoms with Crippen molar-refractivity contribution in [1.82, 2.24) is 10.4 Å². The minimum Gasteiger partial charge on any atom is -0.449 e. The molecular formula is C25H26N2O6. The minimum atomic E-state index is -0.965.